The van der Waals surface area contributed by atoms with Crippen LogP contribution in [0.4, 0.5) is 0 Å². The van der Waals surface area contributed by atoms with E-state index in [0.29, 0.717) is 22.0 Å². The van der Waals surface area contributed by atoms with Crippen molar-refractivity contribution in [2.45, 2.75) is 6.92 Å². The molecule has 2 amide bonds. The lowest BCUT2D eigenvalue weighted by molar-refractivity contribution is 0.0843. The Kier molecular flexibility index (Phi) is 4.76. The van der Waals surface area contributed by atoms with E-state index in [1.54, 1.807) is 43.3 Å². The average Bonchev–Trinajstić information content (AvgIpc) is 3.02. The van der Waals surface area contributed by atoms with Crippen LogP contribution in [0, 0.1) is 6.92 Å². The van der Waals surface area contributed by atoms with Gasteiger partial charge in [0.2, 0.25) is 0 Å². The molecule has 2 N–H and O–H groups in total. The van der Waals surface area contributed by atoms with E-state index in [4.69, 9.17) is 16.1 Å². The van der Waals surface area contributed by atoms with E-state index in [9.17, 15) is 9.59 Å². The molecule has 2 heterocycles. The van der Waals surface area contributed by atoms with Gasteiger partial charge >= 0.3 is 0 Å². The Labute approximate surface area is 148 Å². The number of aromatic nitrogens is 2. The van der Waals surface area contributed by atoms with Crippen LogP contribution in [0.1, 0.15) is 26.6 Å². The lowest BCUT2D eigenvalue weighted by Crippen LogP contribution is -2.42. The normalized spacial score (nSPS) is 10.3. The summed E-state index contributed by atoms with van der Waals surface area (Å²) in [7, 11) is 0. The number of halogens is 1. The Bertz CT molecular complexity index is 925. The van der Waals surface area contributed by atoms with Crippen LogP contribution in [0.2, 0.25) is 5.02 Å². The smallest absolute Gasteiger partial charge is 0.288 e. The van der Waals surface area contributed by atoms with Gasteiger partial charge in [-0.05, 0) is 25.1 Å². The second-order valence-corrected chi connectivity index (χ2v) is 5.47. The van der Waals surface area contributed by atoms with Crippen molar-refractivity contribution >= 4 is 23.4 Å². The van der Waals surface area contributed by atoms with Gasteiger partial charge in [0.05, 0.1) is 5.02 Å². The first-order chi connectivity index (χ1) is 12.1. The van der Waals surface area contributed by atoms with Crippen LogP contribution in [-0.4, -0.2) is 22.0 Å². The molecule has 3 aromatic rings. The lowest BCUT2D eigenvalue weighted by atomic mass is 10.1. The van der Waals surface area contributed by atoms with Gasteiger partial charge in [-0.2, -0.15) is 0 Å². The van der Waals surface area contributed by atoms with Gasteiger partial charge in [0.25, 0.3) is 11.8 Å². The van der Waals surface area contributed by atoms with Crippen molar-refractivity contribution in [2.24, 2.45) is 0 Å². The number of carbonyl (C=O) groups is 2. The maximum Gasteiger partial charge on any atom is 0.288 e. The molecule has 0 radical (unpaired) electrons. The molecule has 3 rings (SSSR count). The molecule has 0 saturated carbocycles. The molecule has 0 bridgehead atoms. The van der Waals surface area contributed by atoms with Gasteiger partial charge in [0.15, 0.2) is 0 Å². The molecule has 1 aromatic carbocycles. The maximum atomic E-state index is 12.5. The molecule has 25 heavy (non-hydrogen) atoms. The van der Waals surface area contributed by atoms with E-state index in [-0.39, 0.29) is 11.3 Å². The molecule has 0 saturated heterocycles. The van der Waals surface area contributed by atoms with Crippen molar-refractivity contribution in [3.8, 4) is 11.3 Å². The number of carbonyl (C=O) groups excluding carboxylic acids is 2. The Morgan fingerprint density at radius 2 is 1.76 bits per heavy atom. The minimum atomic E-state index is -0.571. The van der Waals surface area contributed by atoms with E-state index < -0.39 is 11.8 Å². The number of aryl methyl sites for hydroxylation is 1. The number of rotatable bonds is 3. The largest absolute Gasteiger partial charge is 0.360 e. The Morgan fingerprint density at radius 1 is 1.04 bits per heavy atom. The quantitative estimate of drug-likeness (QED) is 0.703. The predicted molar refractivity (Wildman–Crippen MR) is 90.9 cm³/mol. The zero-order chi connectivity index (χ0) is 17.8. The van der Waals surface area contributed by atoms with E-state index in [1.165, 1.54) is 12.3 Å². The Balaban J connectivity index is 1.80. The van der Waals surface area contributed by atoms with Gasteiger partial charge in [-0.25, -0.2) is 0 Å². The monoisotopic (exact) mass is 356 g/mol. The predicted octanol–water partition coefficient (Wildman–Crippen LogP) is 2.77. The van der Waals surface area contributed by atoms with Gasteiger partial charge in [0, 0.05) is 11.8 Å². The number of hydrazine groups is 1. The third kappa shape index (κ3) is 3.51. The van der Waals surface area contributed by atoms with Crippen molar-refractivity contribution in [3.63, 3.8) is 0 Å². The van der Waals surface area contributed by atoms with E-state index >= 15 is 0 Å². The van der Waals surface area contributed by atoms with Crippen LogP contribution >= 0.6 is 11.6 Å². The molecule has 8 heteroatoms. The molecule has 0 aliphatic heterocycles. The van der Waals surface area contributed by atoms with Gasteiger partial charge < -0.3 is 4.52 Å². The summed E-state index contributed by atoms with van der Waals surface area (Å²) in [5, 5.41) is 4.34. The number of hydrogen-bond donors (Lipinski definition) is 2. The van der Waals surface area contributed by atoms with Gasteiger partial charge in [0.1, 0.15) is 22.7 Å². The topological polar surface area (TPSA) is 97.1 Å². The molecule has 0 spiro atoms. The summed E-state index contributed by atoms with van der Waals surface area (Å²) >= 11 is 6.16. The summed E-state index contributed by atoms with van der Waals surface area (Å²) in [6.07, 6.45) is 1.48. The first-order valence-corrected chi connectivity index (χ1v) is 7.68. The van der Waals surface area contributed by atoms with E-state index in [0.717, 1.165) is 0 Å². The molecule has 0 unspecified atom stereocenters. The van der Waals surface area contributed by atoms with Crippen LogP contribution in [0.3, 0.4) is 0 Å². The fourth-order valence-corrected chi connectivity index (χ4v) is 2.44. The minimum Gasteiger partial charge on any atom is -0.360 e. The number of hydrogen-bond acceptors (Lipinski definition) is 5. The highest BCUT2D eigenvalue weighted by molar-refractivity contribution is 6.33. The standard InChI is InChI=1S/C17H13ClN4O3/c1-10-14(15(22-25-10)11-6-2-3-7-12(11)18)17(24)21-20-16(23)13-8-4-5-9-19-13/h2-9H,1H3,(H,20,23)(H,21,24). The summed E-state index contributed by atoms with van der Waals surface area (Å²) in [5.74, 6) is -0.806. The maximum absolute atomic E-state index is 12.5. The van der Waals surface area contributed by atoms with Gasteiger partial charge in [-0.1, -0.05) is 41.0 Å². The fraction of sp³-hybridized carbons (Fsp3) is 0.0588. The van der Waals surface area contributed by atoms with Crippen molar-refractivity contribution in [2.75, 3.05) is 0 Å². The van der Waals surface area contributed by atoms with E-state index in [2.05, 4.69) is 21.0 Å². The summed E-state index contributed by atoms with van der Waals surface area (Å²) in [5.41, 5.74) is 5.86. The van der Waals surface area contributed by atoms with Crippen molar-refractivity contribution in [1.29, 1.82) is 0 Å². The zero-order valence-electron chi connectivity index (χ0n) is 13.1. The summed E-state index contributed by atoms with van der Waals surface area (Å²) in [6, 6.07) is 11.8. The van der Waals surface area contributed by atoms with E-state index in [1.807, 2.05) is 0 Å². The van der Waals surface area contributed by atoms with Crippen LogP contribution in [0.5, 0.6) is 0 Å². The molecular formula is C17H13ClN4O3. The van der Waals surface area contributed by atoms with Crippen LogP contribution in [0.25, 0.3) is 11.3 Å². The fourth-order valence-electron chi connectivity index (χ4n) is 2.21. The molecule has 0 aliphatic carbocycles. The van der Waals surface area contributed by atoms with Crippen molar-refractivity contribution < 1.29 is 14.1 Å². The van der Waals surface area contributed by atoms with Gasteiger partial charge in [-0.3, -0.25) is 25.4 Å². The Morgan fingerprint density at radius 3 is 2.48 bits per heavy atom. The number of nitrogens with one attached hydrogen (secondary N) is 2. The minimum absolute atomic E-state index is 0.177. The SMILES string of the molecule is Cc1onc(-c2ccccc2Cl)c1C(=O)NNC(=O)c1ccccn1. The first kappa shape index (κ1) is 16.7. The second-order valence-electron chi connectivity index (χ2n) is 5.07. The number of amides is 2. The third-order valence-corrected chi connectivity index (χ3v) is 3.74. The summed E-state index contributed by atoms with van der Waals surface area (Å²) < 4.78 is 5.12. The molecule has 126 valence electrons. The molecular weight excluding hydrogens is 344 g/mol. The summed E-state index contributed by atoms with van der Waals surface area (Å²) in [6.45, 7) is 1.60. The van der Waals surface area contributed by atoms with Crippen LogP contribution in [-0.2, 0) is 0 Å². The highest BCUT2D eigenvalue weighted by Crippen LogP contribution is 2.30. The van der Waals surface area contributed by atoms with Crippen LogP contribution in [0.15, 0.2) is 53.2 Å². The highest BCUT2D eigenvalue weighted by Gasteiger charge is 2.23. The lowest BCUT2D eigenvalue weighted by Gasteiger charge is -2.08. The van der Waals surface area contributed by atoms with Crippen molar-refractivity contribution in [1.82, 2.24) is 21.0 Å². The van der Waals surface area contributed by atoms with Crippen LogP contribution < -0.4 is 10.9 Å². The van der Waals surface area contributed by atoms with Gasteiger partial charge in [-0.15, -0.1) is 0 Å². The first-order valence-electron chi connectivity index (χ1n) is 7.31. The molecule has 0 fully saturated rings. The second kappa shape index (κ2) is 7.14. The molecule has 7 nitrogen and oxygen atoms in total. The summed E-state index contributed by atoms with van der Waals surface area (Å²) in [4.78, 5) is 28.3. The number of benzene rings is 1. The van der Waals surface area contributed by atoms with Crippen molar-refractivity contribution in [3.05, 3.63) is 70.7 Å². The zero-order valence-corrected chi connectivity index (χ0v) is 13.9. The third-order valence-electron chi connectivity index (χ3n) is 3.41. The average molecular weight is 357 g/mol. The molecule has 0 atom stereocenters. The Hall–Kier alpha value is -3.19. The molecule has 2 aromatic heterocycles. The highest BCUT2D eigenvalue weighted by atomic mass is 35.5. The number of nitrogens with zero attached hydrogens (tertiary/aromatic N) is 2. The molecule has 0 aliphatic rings. The number of pyridine rings is 1.